The smallest absolute Gasteiger partial charge is 0.254 e. The molecule has 0 aromatic carbocycles. The second kappa shape index (κ2) is 3.05. The SMILES string of the molecule is O=C(F)C(F)(F)C(F)(F)S(=O)(=O)Cl. The molecule has 0 aromatic heterocycles. The van der Waals surface area contributed by atoms with E-state index >= 15 is 0 Å². The Morgan fingerprint density at radius 1 is 1.15 bits per heavy atom. The first-order chi connectivity index (χ1) is 5.44. The number of alkyl halides is 4. The van der Waals surface area contributed by atoms with Gasteiger partial charge in [-0.1, -0.05) is 0 Å². The van der Waals surface area contributed by atoms with Gasteiger partial charge in [-0.25, -0.2) is 8.42 Å². The van der Waals surface area contributed by atoms with Crippen molar-refractivity contribution in [3.8, 4) is 0 Å². The molecule has 0 unspecified atom stereocenters. The van der Waals surface area contributed by atoms with Crippen molar-refractivity contribution in [2.75, 3.05) is 0 Å². The van der Waals surface area contributed by atoms with E-state index < -0.39 is 26.3 Å². The fourth-order valence-corrected chi connectivity index (χ4v) is 0.945. The zero-order valence-electron chi connectivity index (χ0n) is 5.40. The highest BCUT2D eigenvalue weighted by Gasteiger charge is 2.70. The first-order valence-corrected chi connectivity index (χ1v) is 4.65. The van der Waals surface area contributed by atoms with E-state index in [0.717, 1.165) is 0 Å². The average molecular weight is 247 g/mol. The minimum absolute atomic E-state index is 3.78. The molecule has 0 amide bonds. The maximum atomic E-state index is 12.0. The van der Waals surface area contributed by atoms with Gasteiger partial charge in [-0.05, 0) is 0 Å². The topological polar surface area (TPSA) is 51.2 Å². The van der Waals surface area contributed by atoms with Gasteiger partial charge in [0.1, 0.15) is 0 Å². The lowest BCUT2D eigenvalue weighted by Gasteiger charge is -2.18. The molecule has 0 atom stereocenters. The van der Waals surface area contributed by atoms with Crippen molar-refractivity contribution >= 4 is 25.8 Å². The maximum absolute atomic E-state index is 12.0. The number of carbonyl (C=O) groups is 1. The summed E-state index contributed by atoms with van der Waals surface area (Å²) in [6, 6.07) is -3.78. The van der Waals surface area contributed by atoms with Crippen LogP contribution in [0.15, 0.2) is 0 Å². The summed E-state index contributed by atoms with van der Waals surface area (Å²) in [4.78, 5) is 9.34. The van der Waals surface area contributed by atoms with Crippen LogP contribution in [0.3, 0.4) is 0 Å². The molecule has 0 aromatic rings. The van der Waals surface area contributed by atoms with E-state index in [1.165, 1.54) is 0 Å². The monoisotopic (exact) mass is 246 g/mol. The minimum atomic E-state index is -6.08. The normalized spacial score (nSPS) is 14.3. The summed E-state index contributed by atoms with van der Waals surface area (Å²) in [6.45, 7) is 0. The summed E-state index contributed by atoms with van der Waals surface area (Å²) in [5.41, 5.74) is 0. The van der Waals surface area contributed by atoms with E-state index in [1.807, 2.05) is 0 Å². The lowest BCUT2D eigenvalue weighted by atomic mass is 10.4. The Bertz CT molecular complexity index is 322. The Hall–Kier alpha value is -0.440. The van der Waals surface area contributed by atoms with Crippen molar-refractivity contribution in [1.29, 1.82) is 0 Å². The highest BCUT2D eigenvalue weighted by Crippen LogP contribution is 2.41. The van der Waals surface area contributed by atoms with E-state index in [1.54, 1.807) is 0 Å². The van der Waals surface area contributed by atoms with Crippen LogP contribution in [0.2, 0.25) is 0 Å². The third-order valence-electron chi connectivity index (χ3n) is 0.919. The second-order valence-corrected chi connectivity index (χ2v) is 4.41. The van der Waals surface area contributed by atoms with E-state index in [4.69, 9.17) is 0 Å². The standard InChI is InChI=1S/C3ClF5O3S/c4-13(11,12)3(8,9)2(6,7)1(5)10. The van der Waals surface area contributed by atoms with E-state index in [0.29, 0.717) is 0 Å². The van der Waals surface area contributed by atoms with Gasteiger partial charge in [-0.15, -0.1) is 0 Å². The van der Waals surface area contributed by atoms with Crippen LogP contribution < -0.4 is 0 Å². The van der Waals surface area contributed by atoms with E-state index in [2.05, 4.69) is 10.7 Å². The summed E-state index contributed by atoms with van der Waals surface area (Å²) >= 11 is 0. The van der Waals surface area contributed by atoms with Gasteiger partial charge < -0.3 is 0 Å². The van der Waals surface area contributed by atoms with Gasteiger partial charge in [-0.3, -0.25) is 4.79 Å². The zero-order valence-corrected chi connectivity index (χ0v) is 6.97. The van der Waals surface area contributed by atoms with Crippen molar-refractivity contribution in [2.45, 2.75) is 11.2 Å². The van der Waals surface area contributed by atoms with Gasteiger partial charge in [0.15, 0.2) is 0 Å². The van der Waals surface area contributed by atoms with Crippen LogP contribution in [0.1, 0.15) is 0 Å². The Morgan fingerprint density at radius 2 is 1.46 bits per heavy atom. The molecule has 0 aliphatic carbocycles. The third kappa shape index (κ3) is 1.90. The van der Waals surface area contributed by atoms with Crippen molar-refractivity contribution in [2.24, 2.45) is 0 Å². The van der Waals surface area contributed by atoms with Crippen molar-refractivity contribution in [1.82, 2.24) is 0 Å². The molecule has 0 saturated heterocycles. The molecule has 0 saturated carbocycles. The van der Waals surface area contributed by atoms with Crippen molar-refractivity contribution in [3.05, 3.63) is 0 Å². The van der Waals surface area contributed by atoms with Crippen molar-refractivity contribution < 1.29 is 35.2 Å². The quantitative estimate of drug-likeness (QED) is 0.557. The average Bonchev–Trinajstić information content (AvgIpc) is 1.84. The molecule has 0 radical (unpaired) electrons. The molecule has 13 heavy (non-hydrogen) atoms. The Morgan fingerprint density at radius 3 is 1.54 bits per heavy atom. The molecule has 0 aliphatic rings. The minimum Gasteiger partial charge on any atom is -0.254 e. The second-order valence-electron chi connectivity index (χ2n) is 1.80. The number of carbonyl (C=O) groups excluding carboxylic acids is 1. The molecular weight excluding hydrogens is 247 g/mol. The number of hydrogen-bond acceptors (Lipinski definition) is 3. The van der Waals surface area contributed by atoms with Crippen LogP contribution in [0, 0.1) is 0 Å². The largest absolute Gasteiger partial charge is 0.431 e. The van der Waals surface area contributed by atoms with Gasteiger partial charge in [0.05, 0.1) is 0 Å². The first-order valence-electron chi connectivity index (χ1n) is 2.34. The van der Waals surface area contributed by atoms with Gasteiger partial charge >= 0.3 is 26.3 Å². The molecule has 10 heteroatoms. The Kier molecular flexibility index (Phi) is 2.95. The number of halogens is 6. The molecule has 78 valence electrons. The highest BCUT2D eigenvalue weighted by atomic mass is 35.7. The molecule has 0 N–H and O–H groups in total. The summed E-state index contributed by atoms with van der Waals surface area (Å²) in [7, 11) is -2.20. The summed E-state index contributed by atoms with van der Waals surface area (Å²) in [5, 5.41) is -5.96. The van der Waals surface area contributed by atoms with E-state index in [9.17, 15) is 35.2 Å². The fourth-order valence-electron chi connectivity index (χ4n) is 0.268. The fraction of sp³-hybridized carbons (Fsp3) is 0.667. The van der Waals surface area contributed by atoms with Gasteiger partial charge in [0.25, 0.3) is 0 Å². The predicted octanol–water partition coefficient (Wildman–Crippen LogP) is 1.28. The Labute approximate surface area is 72.9 Å². The lowest BCUT2D eigenvalue weighted by molar-refractivity contribution is -0.189. The molecule has 0 bridgehead atoms. The van der Waals surface area contributed by atoms with Crippen LogP contribution in [0.25, 0.3) is 0 Å². The highest BCUT2D eigenvalue weighted by molar-refractivity contribution is 8.14. The van der Waals surface area contributed by atoms with Crippen LogP contribution in [-0.4, -0.2) is 25.6 Å². The van der Waals surface area contributed by atoms with Crippen LogP contribution in [0.5, 0.6) is 0 Å². The van der Waals surface area contributed by atoms with Gasteiger partial charge in [-0.2, -0.15) is 22.0 Å². The van der Waals surface area contributed by atoms with E-state index in [-0.39, 0.29) is 0 Å². The number of rotatable bonds is 3. The van der Waals surface area contributed by atoms with Gasteiger partial charge in [0, 0.05) is 10.7 Å². The van der Waals surface area contributed by atoms with Crippen LogP contribution in [-0.2, 0) is 13.8 Å². The summed E-state index contributed by atoms with van der Waals surface area (Å²) < 4.78 is 78.8. The third-order valence-corrected chi connectivity index (χ3v) is 2.37. The molecule has 0 heterocycles. The Balaban J connectivity index is 5.42. The zero-order chi connectivity index (χ0) is 11.1. The van der Waals surface area contributed by atoms with Crippen molar-refractivity contribution in [3.63, 3.8) is 0 Å². The predicted molar refractivity (Wildman–Crippen MR) is 30.8 cm³/mol. The maximum Gasteiger partial charge on any atom is 0.431 e. The lowest BCUT2D eigenvalue weighted by Crippen LogP contribution is -2.49. The molecule has 0 spiro atoms. The molecule has 0 rings (SSSR count). The first kappa shape index (κ1) is 12.6. The number of hydrogen-bond donors (Lipinski definition) is 0. The van der Waals surface area contributed by atoms with Crippen LogP contribution in [0.4, 0.5) is 22.0 Å². The summed E-state index contributed by atoms with van der Waals surface area (Å²) in [6.07, 6.45) is 0. The molecule has 3 nitrogen and oxygen atoms in total. The molecular formula is C3ClF5O3S. The molecule has 0 fully saturated rings. The summed E-state index contributed by atoms with van der Waals surface area (Å²) in [5.74, 6) is -5.98. The van der Waals surface area contributed by atoms with Crippen LogP contribution >= 0.6 is 10.7 Å². The van der Waals surface area contributed by atoms with Gasteiger partial charge in [0.2, 0.25) is 0 Å². The molecule has 0 aliphatic heterocycles.